The number of halogens is 2. The molecule has 3 amide bonds. The van der Waals surface area contributed by atoms with Crippen LogP contribution >= 0.6 is 39.3 Å². The first kappa shape index (κ1) is 24.8. The van der Waals surface area contributed by atoms with E-state index >= 15 is 0 Å². The number of carbonyl (C=O) groups is 4. The van der Waals surface area contributed by atoms with Gasteiger partial charge in [-0.05, 0) is 76.1 Å². The van der Waals surface area contributed by atoms with E-state index < -0.39 is 29.6 Å². The molecule has 3 rings (SSSR count). The number of anilines is 1. The molecule has 8 nitrogen and oxygen atoms in total. The van der Waals surface area contributed by atoms with Crippen molar-refractivity contribution in [3.05, 3.63) is 61.9 Å². The molecule has 1 heterocycles. The summed E-state index contributed by atoms with van der Waals surface area (Å²) in [6, 6.07) is 8.94. The lowest BCUT2D eigenvalue weighted by Crippen LogP contribution is -2.36. The molecular weight excluding hydrogens is 536 g/mol. The van der Waals surface area contributed by atoms with Crippen molar-refractivity contribution < 1.29 is 29.0 Å². The van der Waals surface area contributed by atoms with Crippen molar-refractivity contribution >= 4 is 74.1 Å². The average molecular weight is 554 g/mol. The van der Waals surface area contributed by atoms with Gasteiger partial charge < -0.3 is 15.2 Å². The summed E-state index contributed by atoms with van der Waals surface area (Å²) in [4.78, 5) is 50.5. The topological polar surface area (TPSA) is 113 Å². The Hall–Kier alpha value is -2.82. The highest BCUT2D eigenvalue weighted by molar-refractivity contribution is 9.10. The molecule has 0 aliphatic carbocycles. The third kappa shape index (κ3) is 6.16. The average Bonchev–Trinajstić information content (AvgIpc) is 3.03. The molecule has 1 fully saturated rings. The molecule has 0 spiro atoms. The van der Waals surface area contributed by atoms with Crippen LogP contribution in [0.25, 0.3) is 6.08 Å². The summed E-state index contributed by atoms with van der Waals surface area (Å²) in [5, 5.41) is 11.7. The number of phenolic OH excluding ortho intramolecular Hbond substituents is 1. The third-order valence-electron chi connectivity index (χ3n) is 4.35. The molecule has 33 heavy (non-hydrogen) atoms. The number of benzene rings is 2. The van der Waals surface area contributed by atoms with Crippen LogP contribution in [0.2, 0.25) is 5.02 Å². The minimum absolute atomic E-state index is 0.0425. The van der Waals surface area contributed by atoms with Crippen LogP contribution in [0.3, 0.4) is 0 Å². The van der Waals surface area contributed by atoms with Crippen LogP contribution in [0, 0.1) is 0 Å². The van der Waals surface area contributed by atoms with E-state index in [9.17, 15) is 24.3 Å². The quantitative estimate of drug-likeness (QED) is 0.364. The zero-order chi connectivity index (χ0) is 24.1. The van der Waals surface area contributed by atoms with Crippen molar-refractivity contribution in [1.82, 2.24) is 4.90 Å². The maximum atomic E-state index is 12.6. The minimum atomic E-state index is -0.624. The number of ether oxygens (including phenoxy) is 1. The fourth-order valence-electron chi connectivity index (χ4n) is 2.78. The Kier molecular flexibility index (Phi) is 8.17. The Bertz CT molecular complexity index is 1170. The fourth-order valence-corrected chi connectivity index (χ4v) is 4.21. The number of amides is 3. The summed E-state index contributed by atoms with van der Waals surface area (Å²) >= 11 is 9.95. The molecule has 0 saturated carbocycles. The summed E-state index contributed by atoms with van der Waals surface area (Å²) in [7, 11) is 0. The van der Waals surface area contributed by atoms with E-state index in [4.69, 9.17) is 16.3 Å². The van der Waals surface area contributed by atoms with Gasteiger partial charge in [-0.3, -0.25) is 19.3 Å². The molecular formula is C22H18BrClN2O6S. The summed E-state index contributed by atoms with van der Waals surface area (Å²) in [6.45, 7) is 1.59. The van der Waals surface area contributed by atoms with E-state index in [1.54, 1.807) is 12.1 Å². The van der Waals surface area contributed by atoms with Gasteiger partial charge in [0.2, 0.25) is 5.91 Å². The summed E-state index contributed by atoms with van der Waals surface area (Å²) in [6.07, 6.45) is 2.15. The van der Waals surface area contributed by atoms with Crippen molar-refractivity contribution in [3.8, 4) is 5.75 Å². The van der Waals surface area contributed by atoms with Crippen LogP contribution in [-0.4, -0.2) is 46.2 Å². The predicted octanol–water partition coefficient (Wildman–Crippen LogP) is 5.05. The summed E-state index contributed by atoms with van der Waals surface area (Å²) < 4.78 is 5.51. The van der Waals surface area contributed by atoms with E-state index in [1.807, 2.05) is 6.92 Å². The van der Waals surface area contributed by atoms with Crippen molar-refractivity contribution in [2.45, 2.75) is 13.3 Å². The summed E-state index contributed by atoms with van der Waals surface area (Å²) in [5.74, 6) is -1.80. The molecule has 2 N–H and O–H groups in total. The lowest BCUT2D eigenvalue weighted by molar-refractivity contribution is -0.127. The number of imide groups is 1. The van der Waals surface area contributed by atoms with Gasteiger partial charge in [-0.15, -0.1) is 0 Å². The van der Waals surface area contributed by atoms with Crippen molar-refractivity contribution in [1.29, 1.82) is 0 Å². The molecule has 0 radical (unpaired) electrons. The van der Waals surface area contributed by atoms with E-state index in [-0.39, 0.29) is 33.5 Å². The first-order valence-corrected chi connectivity index (χ1v) is 11.7. The standard InChI is InChI=1S/C22H18BrClN2O6S/c1-2-7-32-21(30)14-10-13(4-5-16(14)24)25-19(28)11-26-20(29)18(33-22(26)31)9-12-3-6-17(27)15(23)8-12/h3-6,8-10,27H,2,7,11H2,1H3,(H,25,28)/b18-9+. The van der Waals surface area contributed by atoms with Gasteiger partial charge in [0, 0.05) is 5.69 Å². The first-order valence-electron chi connectivity index (χ1n) is 9.70. The zero-order valence-electron chi connectivity index (χ0n) is 17.3. The molecule has 172 valence electrons. The minimum Gasteiger partial charge on any atom is -0.507 e. The normalized spacial score (nSPS) is 14.6. The number of rotatable bonds is 7. The number of aromatic hydroxyl groups is 1. The molecule has 0 unspecified atom stereocenters. The Morgan fingerprint density at radius 3 is 2.70 bits per heavy atom. The number of thioether (sulfide) groups is 1. The van der Waals surface area contributed by atoms with Gasteiger partial charge in [-0.2, -0.15) is 0 Å². The monoisotopic (exact) mass is 552 g/mol. The van der Waals surface area contributed by atoms with Gasteiger partial charge in [-0.1, -0.05) is 24.6 Å². The second-order valence-corrected chi connectivity index (χ2v) is 9.11. The molecule has 0 aromatic heterocycles. The largest absolute Gasteiger partial charge is 0.507 e. The number of nitrogens with one attached hydrogen (secondary N) is 1. The van der Waals surface area contributed by atoms with E-state index in [0.717, 1.165) is 4.90 Å². The predicted molar refractivity (Wildman–Crippen MR) is 129 cm³/mol. The SMILES string of the molecule is CCCOC(=O)c1cc(NC(=O)CN2C(=O)S/C(=C/c3ccc(O)c(Br)c3)C2=O)ccc1Cl. The lowest BCUT2D eigenvalue weighted by Gasteiger charge is -2.13. The Morgan fingerprint density at radius 2 is 2.00 bits per heavy atom. The second-order valence-electron chi connectivity index (χ2n) is 6.86. The summed E-state index contributed by atoms with van der Waals surface area (Å²) in [5.41, 5.74) is 0.958. The molecule has 2 aromatic carbocycles. The first-order chi connectivity index (χ1) is 15.7. The van der Waals surface area contributed by atoms with Crippen molar-refractivity contribution in [2.24, 2.45) is 0 Å². The van der Waals surface area contributed by atoms with E-state index in [2.05, 4.69) is 21.2 Å². The van der Waals surface area contributed by atoms with Gasteiger partial charge in [0.25, 0.3) is 11.1 Å². The van der Waals surface area contributed by atoms with Crippen molar-refractivity contribution in [3.63, 3.8) is 0 Å². The van der Waals surface area contributed by atoms with E-state index in [0.29, 0.717) is 28.2 Å². The van der Waals surface area contributed by atoms with Gasteiger partial charge >= 0.3 is 5.97 Å². The molecule has 11 heteroatoms. The Labute approximate surface area is 207 Å². The number of hydrogen-bond donors (Lipinski definition) is 2. The van der Waals surface area contributed by atoms with E-state index in [1.165, 1.54) is 30.3 Å². The van der Waals surface area contributed by atoms with Gasteiger partial charge in [0.15, 0.2) is 0 Å². The molecule has 0 bridgehead atoms. The van der Waals surface area contributed by atoms with Crippen LogP contribution in [0.5, 0.6) is 5.75 Å². The smallest absolute Gasteiger partial charge is 0.339 e. The Morgan fingerprint density at radius 1 is 1.24 bits per heavy atom. The highest BCUT2D eigenvalue weighted by Gasteiger charge is 2.36. The molecule has 1 aliphatic heterocycles. The highest BCUT2D eigenvalue weighted by atomic mass is 79.9. The fraction of sp³-hybridized carbons (Fsp3) is 0.182. The van der Waals surface area contributed by atoms with Gasteiger partial charge in [0.1, 0.15) is 12.3 Å². The number of esters is 1. The van der Waals surface area contributed by atoms with Crippen LogP contribution in [0.1, 0.15) is 29.3 Å². The number of phenols is 1. The number of hydrogen-bond acceptors (Lipinski definition) is 7. The van der Waals surface area contributed by atoms with Crippen LogP contribution in [-0.2, 0) is 14.3 Å². The lowest BCUT2D eigenvalue weighted by atomic mass is 10.2. The highest BCUT2D eigenvalue weighted by Crippen LogP contribution is 2.33. The molecule has 1 aliphatic rings. The van der Waals surface area contributed by atoms with Gasteiger partial charge in [0.05, 0.1) is 26.6 Å². The Balaban J connectivity index is 1.68. The van der Waals surface area contributed by atoms with Gasteiger partial charge in [-0.25, -0.2) is 4.79 Å². The number of nitrogens with zero attached hydrogens (tertiary/aromatic N) is 1. The second kappa shape index (κ2) is 10.9. The van der Waals surface area contributed by atoms with Crippen LogP contribution < -0.4 is 5.32 Å². The molecule has 0 atom stereocenters. The maximum absolute atomic E-state index is 12.6. The number of carbonyl (C=O) groups excluding carboxylic acids is 4. The molecule has 2 aromatic rings. The molecule has 1 saturated heterocycles. The third-order valence-corrected chi connectivity index (χ3v) is 6.22. The zero-order valence-corrected chi connectivity index (χ0v) is 20.4. The van der Waals surface area contributed by atoms with Crippen LogP contribution in [0.15, 0.2) is 45.8 Å². The maximum Gasteiger partial charge on any atom is 0.339 e. The van der Waals surface area contributed by atoms with Crippen LogP contribution in [0.4, 0.5) is 10.5 Å². The van der Waals surface area contributed by atoms with Crippen molar-refractivity contribution in [2.75, 3.05) is 18.5 Å².